The SMILES string of the molecule is COC(=O)C(C)(C1CCC(OOCC2CCC(C)CC2COO)CC1)C1CCC(OC(=O)C2CCC(C)CC2C(=O)O)CC1. The molecule has 0 spiro atoms. The highest BCUT2D eigenvalue weighted by molar-refractivity contribution is 5.81. The van der Waals surface area contributed by atoms with Crippen LogP contribution < -0.4 is 0 Å². The molecule has 44 heavy (non-hydrogen) atoms. The Bertz CT molecular complexity index is 940. The van der Waals surface area contributed by atoms with Gasteiger partial charge in [-0.05, 0) is 126 Å². The predicted octanol–water partition coefficient (Wildman–Crippen LogP) is 6.45. The molecule has 0 aliphatic heterocycles. The summed E-state index contributed by atoms with van der Waals surface area (Å²) in [7, 11) is 1.46. The van der Waals surface area contributed by atoms with Gasteiger partial charge in [0.2, 0.25) is 0 Å². The van der Waals surface area contributed by atoms with Crippen LogP contribution in [-0.2, 0) is 38.5 Å². The molecule has 0 bridgehead atoms. The van der Waals surface area contributed by atoms with E-state index in [0.717, 1.165) is 64.2 Å². The third-order valence-electron chi connectivity index (χ3n) is 11.9. The minimum Gasteiger partial charge on any atom is -0.481 e. The number of carboxylic acid groups (broad SMARTS) is 1. The second kappa shape index (κ2) is 16.2. The van der Waals surface area contributed by atoms with E-state index in [1.165, 1.54) is 7.11 Å². The topological polar surface area (TPSA) is 138 Å². The Hall–Kier alpha value is -1.75. The van der Waals surface area contributed by atoms with Crippen LogP contribution in [0.3, 0.4) is 0 Å². The van der Waals surface area contributed by atoms with Gasteiger partial charge in [0.05, 0.1) is 43.7 Å². The standard InChI is InChI=1S/C34H56O10/c1-21-5-7-23(24(17-21)19-41-39)20-42-44-28-14-10-26(11-15-28)34(3,33(38)40-4)25-8-12-27(13-9-25)43-32(37)29-16-6-22(2)18-30(29)31(35)36/h21-30,39H,5-20H2,1-4H3,(H,35,36). The summed E-state index contributed by atoms with van der Waals surface area (Å²) >= 11 is 0. The summed E-state index contributed by atoms with van der Waals surface area (Å²) in [5, 5.41) is 18.7. The summed E-state index contributed by atoms with van der Waals surface area (Å²) in [6, 6.07) is 0. The van der Waals surface area contributed by atoms with Gasteiger partial charge >= 0.3 is 17.9 Å². The number of hydrogen-bond acceptors (Lipinski definition) is 9. The van der Waals surface area contributed by atoms with Crippen LogP contribution >= 0.6 is 0 Å². The third kappa shape index (κ3) is 8.53. The molecule has 7 atom stereocenters. The zero-order valence-corrected chi connectivity index (χ0v) is 27.2. The number of rotatable bonds is 12. The third-order valence-corrected chi connectivity index (χ3v) is 11.9. The van der Waals surface area contributed by atoms with Crippen LogP contribution in [0.1, 0.15) is 111 Å². The van der Waals surface area contributed by atoms with E-state index in [0.29, 0.717) is 56.7 Å². The molecule has 2 N–H and O–H groups in total. The van der Waals surface area contributed by atoms with Crippen LogP contribution in [-0.4, -0.2) is 60.8 Å². The Labute approximate surface area is 262 Å². The van der Waals surface area contributed by atoms with E-state index < -0.39 is 23.2 Å². The van der Waals surface area contributed by atoms with Gasteiger partial charge in [-0.3, -0.25) is 19.6 Å². The van der Waals surface area contributed by atoms with Crippen LogP contribution in [0, 0.1) is 52.8 Å². The fraction of sp³-hybridized carbons (Fsp3) is 0.912. The van der Waals surface area contributed by atoms with Crippen molar-refractivity contribution in [1.82, 2.24) is 0 Å². The molecule has 252 valence electrons. The number of ether oxygens (including phenoxy) is 2. The smallest absolute Gasteiger partial charge is 0.312 e. The van der Waals surface area contributed by atoms with Gasteiger partial charge in [-0.25, -0.2) is 14.7 Å². The summed E-state index contributed by atoms with van der Waals surface area (Å²) in [6.07, 6.45) is 11.0. The Balaban J connectivity index is 1.25. The molecule has 10 nitrogen and oxygen atoms in total. The van der Waals surface area contributed by atoms with E-state index in [1.54, 1.807) is 0 Å². The molecule has 0 aromatic rings. The molecule has 4 aliphatic carbocycles. The molecular weight excluding hydrogens is 568 g/mol. The molecule has 10 heteroatoms. The molecule has 0 saturated heterocycles. The minimum atomic E-state index is -0.914. The zero-order valence-electron chi connectivity index (χ0n) is 27.2. The molecule has 7 unspecified atom stereocenters. The lowest BCUT2D eigenvalue weighted by atomic mass is 9.59. The van der Waals surface area contributed by atoms with Gasteiger partial charge in [0.15, 0.2) is 0 Å². The first kappa shape index (κ1) is 35.1. The number of carbonyl (C=O) groups excluding carboxylic acids is 2. The lowest BCUT2D eigenvalue weighted by molar-refractivity contribution is -0.340. The molecule has 4 rings (SSSR count). The first-order valence-corrected chi connectivity index (χ1v) is 17.1. The predicted molar refractivity (Wildman–Crippen MR) is 161 cm³/mol. The molecule has 4 fully saturated rings. The Morgan fingerprint density at radius 3 is 1.91 bits per heavy atom. The highest BCUT2D eigenvalue weighted by Crippen LogP contribution is 2.50. The lowest BCUT2D eigenvalue weighted by Crippen LogP contribution is -2.47. The van der Waals surface area contributed by atoms with Gasteiger partial charge in [0.25, 0.3) is 0 Å². The number of carboxylic acids is 1. The van der Waals surface area contributed by atoms with Crippen molar-refractivity contribution >= 4 is 17.9 Å². The van der Waals surface area contributed by atoms with E-state index in [2.05, 4.69) is 11.8 Å². The van der Waals surface area contributed by atoms with E-state index in [1.807, 2.05) is 13.8 Å². The van der Waals surface area contributed by atoms with Crippen molar-refractivity contribution in [3.8, 4) is 0 Å². The summed E-state index contributed by atoms with van der Waals surface area (Å²) in [5.74, 6) is -0.965. The van der Waals surface area contributed by atoms with E-state index in [9.17, 15) is 19.5 Å². The number of carbonyl (C=O) groups is 3. The summed E-state index contributed by atoms with van der Waals surface area (Å²) in [4.78, 5) is 54.2. The highest BCUT2D eigenvalue weighted by Gasteiger charge is 2.50. The molecule has 4 aliphatic rings. The molecule has 0 amide bonds. The van der Waals surface area contributed by atoms with Gasteiger partial charge in [0.1, 0.15) is 6.10 Å². The lowest BCUT2D eigenvalue weighted by Gasteiger charge is -2.46. The van der Waals surface area contributed by atoms with Gasteiger partial charge in [-0.1, -0.05) is 20.3 Å². The van der Waals surface area contributed by atoms with Crippen molar-refractivity contribution in [3.05, 3.63) is 0 Å². The number of esters is 2. The number of hydrogen-bond donors (Lipinski definition) is 2. The summed E-state index contributed by atoms with van der Waals surface area (Å²) in [5.41, 5.74) is -0.639. The minimum absolute atomic E-state index is 0.0178. The number of methoxy groups -OCH3 is 1. The second-order valence-corrected chi connectivity index (χ2v) is 14.7. The quantitative estimate of drug-likeness (QED) is 0.141. The maximum atomic E-state index is 13.3. The first-order valence-electron chi connectivity index (χ1n) is 17.1. The maximum Gasteiger partial charge on any atom is 0.312 e. The van der Waals surface area contributed by atoms with Crippen molar-refractivity contribution in [2.75, 3.05) is 20.3 Å². The molecule has 0 heterocycles. The Morgan fingerprint density at radius 1 is 0.727 bits per heavy atom. The Kier molecular flexibility index (Phi) is 12.9. The van der Waals surface area contributed by atoms with E-state index in [4.69, 9.17) is 24.5 Å². The van der Waals surface area contributed by atoms with Crippen LogP contribution in [0.25, 0.3) is 0 Å². The Morgan fingerprint density at radius 2 is 1.32 bits per heavy atom. The summed E-state index contributed by atoms with van der Waals surface area (Å²) in [6.45, 7) is 7.13. The van der Waals surface area contributed by atoms with Gasteiger partial charge in [0, 0.05) is 0 Å². The monoisotopic (exact) mass is 624 g/mol. The van der Waals surface area contributed by atoms with Gasteiger partial charge in [-0.15, -0.1) is 0 Å². The van der Waals surface area contributed by atoms with Crippen molar-refractivity contribution in [3.63, 3.8) is 0 Å². The second-order valence-electron chi connectivity index (χ2n) is 14.7. The molecule has 4 saturated carbocycles. The van der Waals surface area contributed by atoms with Crippen LogP contribution in [0.5, 0.6) is 0 Å². The molecule has 0 aromatic carbocycles. The fourth-order valence-electron chi connectivity index (χ4n) is 8.92. The normalized spacial score (nSPS) is 37.8. The van der Waals surface area contributed by atoms with E-state index in [-0.39, 0.29) is 41.9 Å². The van der Waals surface area contributed by atoms with Crippen molar-refractivity contribution < 1.29 is 48.9 Å². The maximum absolute atomic E-state index is 13.3. The molecule has 0 aromatic heterocycles. The average molecular weight is 625 g/mol. The van der Waals surface area contributed by atoms with Crippen LogP contribution in [0.15, 0.2) is 0 Å². The zero-order chi connectivity index (χ0) is 31.9. The van der Waals surface area contributed by atoms with E-state index >= 15 is 0 Å². The van der Waals surface area contributed by atoms with Crippen molar-refractivity contribution in [2.24, 2.45) is 52.8 Å². The van der Waals surface area contributed by atoms with Crippen molar-refractivity contribution in [1.29, 1.82) is 0 Å². The van der Waals surface area contributed by atoms with Gasteiger partial charge < -0.3 is 14.6 Å². The fourth-order valence-corrected chi connectivity index (χ4v) is 8.92. The van der Waals surface area contributed by atoms with Gasteiger partial charge in [-0.2, -0.15) is 0 Å². The number of aliphatic carboxylic acids is 1. The van der Waals surface area contributed by atoms with Crippen LogP contribution in [0.2, 0.25) is 0 Å². The molecule has 0 radical (unpaired) electrons. The first-order chi connectivity index (χ1) is 21.1. The van der Waals surface area contributed by atoms with Crippen LogP contribution in [0.4, 0.5) is 0 Å². The largest absolute Gasteiger partial charge is 0.481 e. The average Bonchev–Trinajstić information content (AvgIpc) is 3.02. The molecular formula is C34H56O10. The summed E-state index contributed by atoms with van der Waals surface area (Å²) < 4.78 is 11.3. The highest BCUT2D eigenvalue weighted by atomic mass is 17.2. The van der Waals surface area contributed by atoms with Crippen molar-refractivity contribution in [2.45, 2.75) is 123 Å².